The van der Waals surface area contributed by atoms with Gasteiger partial charge >= 0.3 is 0 Å². The summed E-state index contributed by atoms with van der Waals surface area (Å²) in [5.74, 6) is 0.206. The van der Waals surface area contributed by atoms with E-state index in [0.29, 0.717) is 12.8 Å². The number of hydrogen-bond donors (Lipinski definition) is 0. The van der Waals surface area contributed by atoms with Crippen molar-refractivity contribution in [2.45, 2.75) is 26.7 Å². The Balaban J connectivity index is 3.92. The smallest absolute Gasteiger partial charge is 0.152 e. The monoisotopic (exact) mass is 233 g/mol. The van der Waals surface area contributed by atoms with E-state index in [1.807, 2.05) is 13.8 Å². The number of methoxy groups -OCH3 is 1. The standard InChI is InChI=1S/C10H19NO3S/c1-10(2,9-11)5-4-7-15(12,13)8-6-14-3/h4-8H2,1-3H3. The fourth-order valence-electron chi connectivity index (χ4n) is 1.10. The molecule has 0 atom stereocenters. The highest BCUT2D eigenvalue weighted by Crippen LogP contribution is 2.20. The van der Waals surface area contributed by atoms with E-state index in [0.717, 1.165) is 0 Å². The molecule has 0 heterocycles. The zero-order chi connectivity index (χ0) is 11.9. The second-order valence-electron chi connectivity index (χ2n) is 4.24. The lowest BCUT2D eigenvalue weighted by Gasteiger charge is -2.14. The molecule has 0 rings (SSSR count). The van der Waals surface area contributed by atoms with E-state index in [1.165, 1.54) is 7.11 Å². The van der Waals surface area contributed by atoms with Crippen molar-refractivity contribution < 1.29 is 13.2 Å². The second kappa shape index (κ2) is 6.09. The fraction of sp³-hybridized carbons (Fsp3) is 0.900. The van der Waals surface area contributed by atoms with Crippen LogP contribution in [0.1, 0.15) is 26.7 Å². The average molecular weight is 233 g/mol. The van der Waals surface area contributed by atoms with Crippen LogP contribution in [0.5, 0.6) is 0 Å². The summed E-state index contributed by atoms with van der Waals surface area (Å²) in [5.41, 5.74) is -0.434. The first kappa shape index (κ1) is 14.4. The Morgan fingerprint density at radius 2 is 1.93 bits per heavy atom. The molecule has 0 aliphatic rings. The number of ether oxygens (including phenoxy) is 1. The fourth-order valence-corrected chi connectivity index (χ4v) is 2.31. The molecule has 0 radical (unpaired) electrons. The molecule has 5 heteroatoms. The first-order valence-corrected chi connectivity index (χ1v) is 6.76. The van der Waals surface area contributed by atoms with E-state index in [9.17, 15) is 8.42 Å². The molecule has 0 aromatic carbocycles. The molecule has 0 spiro atoms. The predicted molar refractivity (Wildman–Crippen MR) is 59.2 cm³/mol. The zero-order valence-electron chi connectivity index (χ0n) is 9.62. The molecule has 0 unspecified atom stereocenters. The summed E-state index contributed by atoms with van der Waals surface area (Å²) in [6.45, 7) is 3.87. The highest BCUT2D eigenvalue weighted by atomic mass is 32.2. The van der Waals surface area contributed by atoms with Crippen LogP contribution in [-0.2, 0) is 14.6 Å². The van der Waals surface area contributed by atoms with E-state index >= 15 is 0 Å². The highest BCUT2D eigenvalue weighted by molar-refractivity contribution is 7.91. The van der Waals surface area contributed by atoms with Crippen molar-refractivity contribution in [3.63, 3.8) is 0 Å². The Morgan fingerprint density at radius 3 is 2.40 bits per heavy atom. The van der Waals surface area contributed by atoms with Gasteiger partial charge in [-0.05, 0) is 26.7 Å². The van der Waals surface area contributed by atoms with E-state index < -0.39 is 15.3 Å². The van der Waals surface area contributed by atoms with E-state index in [1.54, 1.807) is 0 Å². The Kier molecular flexibility index (Phi) is 5.84. The molecule has 0 fully saturated rings. The van der Waals surface area contributed by atoms with Crippen molar-refractivity contribution in [1.82, 2.24) is 0 Å². The van der Waals surface area contributed by atoms with Gasteiger partial charge in [0.1, 0.15) is 0 Å². The lowest BCUT2D eigenvalue weighted by Crippen LogP contribution is -2.17. The first-order valence-electron chi connectivity index (χ1n) is 4.93. The Bertz CT molecular complexity index is 314. The third-order valence-electron chi connectivity index (χ3n) is 2.16. The van der Waals surface area contributed by atoms with Crippen molar-refractivity contribution in [2.75, 3.05) is 25.2 Å². The second-order valence-corrected chi connectivity index (χ2v) is 6.55. The summed E-state index contributed by atoms with van der Waals surface area (Å²) in [7, 11) is -1.53. The molecule has 0 saturated carbocycles. The largest absolute Gasteiger partial charge is 0.384 e. The molecule has 0 bridgehead atoms. The van der Waals surface area contributed by atoms with Gasteiger partial charge in [-0.25, -0.2) is 8.42 Å². The molecule has 88 valence electrons. The molecule has 0 amide bonds. The van der Waals surface area contributed by atoms with Gasteiger partial charge in [0.2, 0.25) is 0 Å². The average Bonchev–Trinajstić information content (AvgIpc) is 2.14. The van der Waals surface area contributed by atoms with Crippen LogP contribution in [0.15, 0.2) is 0 Å². The summed E-state index contributed by atoms with van der Waals surface area (Å²) in [5, 5.41) is 8.75. The molecule has 0 aromatic rings. The predicted octanol–water partition coefficient (Wildman–Crippen LogP) is 1.38. The number of sulfone groups is 1. The lowest BCUT2D eigenvalue weighted by molar-refractivity contribution is 0.217. The van der Waals surface area contributed by atoms with Crippen molar-refractivity contribution in [2.24, 2.45) is 5.41 Å². The summed E-state index contributed by atoms with van der Waals surface area (Å²) in [4.78, 5) is 0. The van der Waals surface area contributed by atoms with Gasteiger partial charge < -0.3 is 4.74 Å². The molecular weight excluding hydrogens is 214 g/mol. The minimum Gasteiger partial charge on any atom is -0.384 e. The molecule has 15 heavy (non-hydrogen) atoms. The molecule has 0 aliphatic carbocycles. The minimum atomic E-state index is -3.01. The van der Waals surface area contributed by atoms with Gasteiger partial charge in [-0.2, -0.15) is 5.26 Å². The number of nitrogens with zero attached hydrogens (tertiary/aromatic N) is 1. The number of rotatable bonds is 7. The van der Waals surface area contributed by atoms with Crippen LogP contribution in [0.25, 0.3) is 0 Å². The maximum atomic E-state index is 11.4. The Hall–Kier alpha value is -0.600. The topological polar surface area (TPSA) is 67.2 Å². The molecule has 4 nitrogen and oxygen atoms in total. The van der Waals surface area contributed by atoms with Gasteiger partial charge in [0.15, 0.2) is 9.84 Å². The van der Waals surface area contributed by atoms with Crippen molar-refractivity contribution in [3.05, 3.63) is 0 Å². The third-order valence-corrected chi connectivity index (χ3v) is 3.86. The van der Waals surface area contributed by atoms with Crippen molar-refractivity contribution in [1.29, 1.82) is 5.26 Å². The minimum absolute atomic E-state index is 0.0660. The van der Waals surface area contributed by atoms with Crippen LogP contribution < -0.4 is 0 Å². The van der Waals surface area contributed by atoms with Crippen LogP contribution in [0.2, 0.25) is 0 Å². The molecule has 0 aromatic heterocycles. The zero-order valence-corrected chi connectivity index (χ0v) is 10.4. The third kappa shape index (κ3) is 7.34. The maximum Gasteiger partial charge on any atom is 0.152 e. The van der Waals surface area contributed by atoms with Crippen molar-refractivity contribution >= 4 is 9.84 Å². The molecular formula is C10H19NO3S. The van der Waals surface area contributed by atoms with Crippen molar-refractivity contribution in [3.8, 4) is 6.07 Å². The van der Waals surface area contributed by atoms with Crippen LogP contribution in [0.3, 0.4) is 0 Å². The lowest BCUT2D eigenvalue weighted by atomic mass is 9.90. The van der Waals surface area contributed by atoms with E-state index in [4.69, 9.17) is 10.00 Å². The first-order chi connectivity index (χ1) is 6.83. The Morgan fingerprint density at radius 1 is 1.33 bits per heavy atom. The number of nitriles is 1. The van der Waals surface area contributed by atoms with Crippen LogP contribution >= 0.6 is 0 Å². The highest BCUT2D eigenvalue weighted by Gasteiger charge is 2.18. The van der Waals surface area contributed by atoms with Gasteiger partial charge in [0.05, 0.1) is 29.6 Å². The van der Waals surface area contributed by atoms with Crippen LogP contribution in [-0.4, -0.2) is 33.6 Å². The summed E-state index contributed by atoms with van der Waals surface area (Å²) in [6, 6.07) is 2.15. The van der Waals surface area contributed by atoms with E-state index in [-0.39, 0.29) is 18.1 Å². The quantitative estimate of drug-likeness (QED) is 0.666. The van der Waals surface area contributed by atoms with Crippen LogP contribution in [0.4, 0.5) is 0 Å². The molecule has 0 saturated heterocycles. The van der Waals surface area contributed by atoms with Gasteiger partial charge in [0, 0.05) is 7.11 Å². The summed E-state index contributed by atoms with van der Waals surface area (Å²) < 4.78 is 27.5. The van der Waals surface area contributed by atoms with Gasteiger partial charge in [-0.15, -0.1) is 0 Å². The van der Waals surface area contributed by atoms with Crippen LogP contribution in [0, 0.1) is 16.7 Å². The number of hydrogen-bond acceptors (Lipinski definition) is 4. The summed E-state index contributed by atoms with van der Waals surface area (Å²) in [6.07, 6.45) is 1.14. The SMILES string of the molecule is COCCS(=O)(=O)CCCC(C)(C)C#N. The van der Waals surface area contributed by atoms with Gasteiger partial charge in [-0.3, -0.25) is 0 Å². The van der Waals surface area contributed by atoms with Gasteiger partial charge in [0.25, 0.3) is 0 Å². The maximum absolute atomic E-state index is 11.4. The normalized spacial score (nSPS) is 12.4. The van der Waals surface area contributed by atoms with Gasteiger partial charge in [-0.1, -0.05) is 0 Å². The summed E-state index contributed by atoms with van der Waals surface area (Å²) >= 11 is 0. The molecule has 0 aliphatic heterocycles. The molecule has 0 N–H and O–H groups in total. The Labute approximate surface area is 92.2 Å². The van der Waals surface area contributed by atoms with E-state index in [2.05, 4.69) is 6.07 Å².